The van der Waals surface area contributed by atoms with Gasteiger partial charge in [0.15, 0.2) is 4.77 Å². The maximum absolute atomic E-state index is 5.48. The number of aromatic amines is 1. The fourth-order valence-corrected chi connectivity index (χ4v) is 1.75. The highest BCUT2D eigenvalue weighted by molar-refractivity contribution is 7.71. The van der Waals surface area contributed by atoms with Gasteiger partial charge in [0.1, 0.15) is 0 Å². The zero-order chi connectivity index (χ0) is 11.3. The molecule has 0 saturated carbocycles. The molecular formula is C11H20N2OS. The Bertz CT molecular complexity index is 341. The minimum absolute atomic E-state index is 0.334. The molecule has 86 valence electrons. The Morgan fingerprint density at radius 2 is 2.20 bits per heavy atom. The maximum atomic E-state index is 5.48. The quantitative estimate of drug-likeness (QED) is 0.599. The summed E-state index contributed by atoms with van der Waals surface area (Å²) in [4.78, 5) is 3.04. The van der Waals surface area contributed by atoms with Crippen molar-refractivity contribution in [1.82, 2.24) is 9.55 Å². The molecular weight excluding hydrogens is 208 g/mol. The van der Waals surface area contributed by atoms with E-state index >= 15 is 0 Å². The largest absolute Gasteiger partial charge is 0.379 e. The summed E-state index contributed by atoms with van der Waals surface area (Å²) in [6.45, 7) is 8.01. The number of H-pyrrole nitrogens is 1. The third kappa shape index (κ3) is 4.18. The number of nitrogens with one attached hydrogen (secondary N) is 1. The predicted octanol–water partition coefficient (Wildman–Crippen LogP) is 3.06. The molecule has 0 saturated heterocycles. The first-order chi connectivity index (χ1) is 7.11. The summed E-state index contributed by atoms with van der Waals surface area (Å²) in [7, 11) is 0. The molecule has 0 unspecified atom stereocenters. The average molecular weight is 228 g/mol. The number of nitrogens with zero attached hydrogens (tertiary/aromatic N) is 1. The van der Waals surface area contributed by atoms with Crippen molar-refractivity contribution in [2.75, 3.05) is 6.61 Å². The highest BCUT2D eigenvalue weighted by atomic mass is 32.1. The number of ether oxygens (including phenoxy) is 1. The van der Waals surface area contributed by atoms with Crippen LogP contribution in [0.2, 0.25) is 0 Å². The summed E-state index contributed by atoms with van der Waals surface area (Å²) in [5.41, 5.74) is 1.20. The summed E-state index contributed by atoms with van der Waals surface area (Å²) in [5, 5.41) is 0. The van der Waals surface area contributed by atoms with Gasteiger partial charge in [-0.15, -0.1) is 0 Å². The Labute approximate surface area is 96.5 Å². The van der Waals surface area contributed by atoms with Crippen molar-refractivity contribution in [3.63, 3.8) is 0 Å². The zero-order valence-electron chi connectivity index (χ0n) is 9.75. The van der Waals surface area contributed by atoms with Gasteiger partial charge in [0, 0.05) is 25.0 Å². The van der Waals surface area contributed by atoms with Gasteiger partial charge in [-0.05, 0) is 45.8 Å². The molecule has 1 aromatic rings. The number of aromatic nitrogens is 2. The van der Waals surface area contributed by atoms with Gasteiger partial charge in [0.05, 0.1) is 6.10 Å². The van der Waals surface area contributed by atoms with Crippen LogP contribution in [0.3, 0.4) is 0 Å². The molecule has 0 aliphatic rings. The highest BCUT2D eigenvalue weighted by Crippen LogP contribution is 2.03. The van der Waals surface area contributed by atoms with E-state index in [0.29, 0.717) is 6.10 Å². The number of hydrogen-bond acceptors (Lipinski definition) is 2. The fourth-order valence-electron chi connectivity index (χ4n) is 1.45. The van der Waals surface area contributed by atoms with E-state index in [1.54, 1.807) is 0 Å². The Hall–Kier alpha value is -0.610. The van der Waals surface area contributed by atoms with E-state index in [1.807, 2.05) is 6.20 Å². The molecule has 3 nitrogen and oxygen atoms in total. The van der Waals surface area contributed by atoms with Crippen molar-refractivity contribution in [2.24, 2.45) is 0 Å². The van der Waals surface area contributed by atoms with Crippen molar-refractivity contribution in [3.8, 4) is 0 Å². The molecule has 0 amide bonds. The SMILES string of the molecule is Cc1c[nH]c(=S)n1CCCCOC(C)C. The fraction of sp³-hybridized carbons (Fsp3) is 0.727. The maximum Gasteiger partial charge on any atom is 0.177 e. The second-order valence-electron chi connectivity index (χ2n) is 4.01. The molecule has 4 heteroatoms. The van der Waals surface area contributed by atoms with Crippen LogP contribution in [0.4, 0.5) is 0 Å². The molecule has 0 radical (unpaired) electrons. The normalized spacial score (nSPS) is 11.2. The third-order valence-corrected chi connectivity index (χ3v) is 2.64. The average Bonchev–Trinajstić information content (AvgIpc) is 2.47. The second kappa shape index (κ2) is 6.08. The van der Waals surface area contributed by atoms with E-state index in [9.17, 15) is 0 Å². The first-order valence-corrected chi connectivity index (χ1v) is 5.88. The van der Waals surface area contributed by atoms with E-state index in [1.165, 1.54) is 5.69 Å². The molecule has 0 spiro atoms. The van der Waals surface area contributed by atoms with Gasteiger partial charge in [-0.25, -0.2) is 0 Å². The van der Waals surface area contributed by atoms with Crippen LogP contribution in [0.25, 0.3) is 0 Å². The van der Waals surface area contributed by atoms with Gasteiger partial charge < -0.3 is 14.3 Å². The lowest BCUT2D eigenvalue weighted by Crippen LogP contribution is -2.06. The van der Waals surface area contributed by atoms with Crippen LogP contribution in [-0.4, -0.2) is 22.3 Å². The lowest BCUT2D eigenvalue weighted by Gasteiger charge is -2.08. The minimum Gasteiger partial charge on any atom is -0.379 e. The van der Waals surface area contributed by atoms with Crippen molar-refractivity contribution in [3.05, 3.63) is 16.7 Å². The lowest BCUT2D eigenvalue weighted by molar-refractivity contribution is 0.0754. The number of imidazole rings is 1. The molecule has 0 fully saturated rings. The van der Waals surface area contributed by atoms with Crippen molar-refractivity contribution < 1.29 is 4.74 Å². The molecule has 1 heterocycles. The number of hydrogen-bond donors (Lipinski definition) is 1. The Kier molecular flexibility index (Phi) is 5.05. The smallest absolute Gasteiger partial charge is 0.177 e. The summed E-state index contributed by atoms with van der Waals surface area (Å²) >= 11 is 5.17. The van der Waals surface area contributed by atoms with Crippen molar-refractivity contribution >= 4 is 12.2 Å². The van der Waals surface area contributed by atoms with Crippen molar-refractivity contribution in [2.45, 2.75) is 46.3 Å². The Morgan fingerprint density at radius 1 is 1.47 bits per heavy atom. The van der Waals surface area contributed by atoms with E-state index in [2.05, 4.69) is 30.3 Å². The molecule has 15 heavy (non-hydrogen) atoms. The molecule has 0 bridgehead atoms. The van der Waals surface area contributed by atoms with Crippen LogP contribution in [0.15, 0.2) is 6.20 Å². The van der Waals surface area contributed by atoms with Crippen LogP contribution in [0.1, 0.15) is 32.4 Å². The molecule has 1 N–H and O–H groups in total. The van der Waals surface area contributed by atoms with Crippen LogP contribution in [0.5, 0.6) is 0 Å². The topological polar surface area (TPSA) is 29.9 Å². The molecule has 1 rings (SSSR count). The Morgan fingerprint density at radius 3 is 2.73 bits per heavy atom. The van der Waals surface area contributed by atoms with Gasteiger partial charge in [-0.1, -0.05) is 0 Å². The van der Waals surface area contributed by atoms with E-state index in [-0.39, 0.29) is 0 Å². The first-order valence-electron chi connectivity index (χ1n) is 5.47. The van der Waals surface area contributed by atoms with Gasteiger partial charge in [-0.3, -0.25) is 0 Å². The third-order valence-electron chi connectivity index (χ3n) is 2.30. The predicted molar refractivity (Wildman–Crippen MR) is 64.7 cm³/mol. The standard InChI is InChI=1S/C11H20N2OS/c1-9(2)14-7-5-4-6-13-10(3)8-12-11(13)15/h8-9H,4-7H2,1-3H3,(H,12,15). The zero-order valence-corrected chi connectivity index (χ0v) is 10.6. The van der Waals surface area contributed by atoms with Crippen LogP contribution >= 0.6 is 12.2 Å². The van der Waals surface area contributed by atoms with Crippen LogP contribution in [-0.2, 0) is 11.3 Å². The first kappa shape index (κ1) is 12.5. The Balaban J connectivity index is 2.23. The van der Waals surface area contributed by atoms with E-state index in [4.69, 9.17) is 17.0 Å². The monoisotopic (exact) mass is 228 g/mol. The number of rotatable bonds is 6. The molecule has 0 aliphatic heterocycles. The van der Waals surface area contributed by atoms with Crippen LogP contribution in [0, 0.1) is 11.7 Å². The second-order valence-corrected chi connectivity index (χ2v) is 4.40. The highest BCUT2D eigenvalue weighted by Gasteiger charge is 1.99. The van der Waals surface area contributed by atoms with Gasteiger partial charge in [0.25, 0.3) is 0 Å². The summed E-state index contributed by atoms with van der Waals surface area (Å²) < 4.78 is 8.43. The molecule has 1 aromatic heterocycles. The number of unbranched alkanes of at least 4 members (excludes halogenated alkanes) is 1. The van der Waals surface area contributed by atoms with E-state index < -0.39 is 0 Å². The summed E-state index contributed by atoms with van der Waals surface area (Å²) in [6.07, 6.45) is 4.48. The molecule has 0 aromatic carbocycles. The molecule has 0 aliphatic carbocycles. The van der Waals surface area contributed by atoms with E-state index in [0.717, 1.165) is 30.8 Å². The summed E-state index contributed by atoms with van der Waals surface area (Å²) in [5.74, 6) is 0. The summed E-state index contributed by atoms with van der Waals surface area (Å²) in [6, 6.07) is 0. The van der Waals surface area contributed by atoms with Gasteiger partial charge in [0.2, 0.25) is 0 Å². The van der Waals surface area contributed by atoms with Gasteiger partial charge in [-0.2, -0.15) is 0 Å². The number of aryl methyl sites for hydroxylation is 1. The van der Waals surface area contributed by atoms with Crippen molar-refractivity contribution in [1.29, 1.82) is 0 Å². The van der Waals surface area contributed by atoms with Gasteiger partial charge >= 0.3 is 0 Å². The minimum atomic E-state index is 0.334. The lowest BCUT2D eigenvalue weighted by atomic mass is 10.3. The molecule has 0 atom stereocenters. The van der Waals surface area contributed by atoms with Crippen LogP contribution < -0.4 is 0 Å².